The Balaban J connectivity index is 3.15. The third-order valence-electron chi connectivity index (χ3n) is 1.73. The van der Waals surface area contributed by atoms with Gasteiger partial charge in [0, 0.05) is 11.8 Å². The van der Waals surface area contributed by atoms with E-state index in [2.05, 4.69) is 10.3 Å². The monoisotopic (exact) mass is 252 g/mol. The predicted molar refractivity (Wildman–Crippen MR) is 55.5 cm³/mol. The number of hydrogen-bond donors (Lipinski definition) is 1. The normalized spacial score (nSPS) is 11.9. The van der Waals surface area contributed by atoms with Crippen molar-refractivity contribution in [2.24, 2.45) is 0 Å². The number of carbonyl (C=O) groups excluding carboxylic acids is 1. The van der Waals surface area contributed by atoms with Crippen molar-refractivity contribution in [3.8, 4) is 0 Å². The van der Waals surface area contributed by atoms with Crippen molar-refractivity contribution in [1.29, 1.82) is 0 Å². The Morgan fingerprint density at radius 3 is 2.31 bits per heavy atom. The molecule has 3 nitrogen and oxygen atoms in total. The number of anilines is 1. The molecule has 0 radical (unpaired) electrons. The zero-order valence-electron chi connectivity index (χ0n) is 8.97. The third-order valence-corrected chi connectivity index (χ3v) is 3.00. The van der Waals surface area contributed by atoms with Crippen LogP contribution in [0.1, 0.15) is 37.3 Å². The van der Waals surface area contributed by atoms with Crippen LogP contribution in [0, 0.1) is 0 Å². The number of hydrogen-bond acceptors (Lipinski definition) is 3. The predicted octanol–water partition coefficient (Wildman–Crippen LogP) is 3.24. The first-order valence-electron chi connectivity index (χ1n) is 4.57. The molecule has 1 heterocycles. The number of nitrogens with one attached hydrogen (secondary N) is 1. The van der Waals surface area contributed by atoms with E-state index in [0.29, 0.717) is 0 Å². The molecule has 0 aliphatic rings. The lowest BCUT2D eigenvalue weighted by atomic mass is 10.1. The molecule has 0 spiro atoms. The van der Waals surface area contributed by atoms with Gasteiger partial charge in [-0.15, -0.1) is 11.3 Å². The van der Waals surface area contributed by atoms with Crippen molar-refractivity contribution in [3.63, 3.8) is 0 Å². The number of nitrogens with zero attached hydrogens (tertiary/aromatic N) is 1. The first-order chi connectivity index (χ1) is 7.21. The van der Waals surface area contributed by atoms with Gasteiger partial charge < -0.3 is 5.32 Å². The number of thiazole rings is 1. The van der Waals surface area contributed by atoms with Crippen LogP contribution in [0.25, 0.3) is 0 Å². The fourth-order valence-electron chi connectivity index (χ4n) is 1.13. The second kappa shape index (κ2) is 4.40. The van der Waals surface area contributed by atoms with Crippen LogP contribution < -0.4 is 5.32 Å². The number of halogens is 3. The summed E-state index contributed by atoms with van der Waals surface area (Å²) in [5.74, 6) is -0.714. The Hall–Kier alpha value is -1.11. The summed E-state index contributed by atoms with van der Waals surface area (Å²) in [7, 11) is 0. The fourth-order valence-corrected chi connectivity index (χ4v) is 2.16. The van der Waals surface area contributed by atoms with E-state index in [1.165, 1.54) is 6.92 Å². The molecule has 0 saturated heterocycles. The molecule has 0 atom stereocenters. The highest BCUT2D eigenvalue weighted by Crippen LogP contribution is 2.39. The molecule has 0 bridgehead atoms. The van der Waals surface area contributed by atoms with Gasteiger partial charge in [0.2, 0.25) is 5.91 Å². The molecular weight excluding hydrogens is 241 g/mol. The molecule has 0 aliphatic carbocycles. The zero-order valence-corrected chi connectivity index (χ0v) is 9.79. The maximum Gasteiger partial charge on any atom is 0.434 e. The highest BCUT2D eigenvalue weighted by atomic mass is 32.1. The number of amides is 1. The maximum absolute atomic E-state index is 12.6. The Labute approximate surface area is 94.7 Å². The quantitative estimate of drug-likeness (QED) is 0.877. The molecule has 1 N–H and O–H groups in total. The third kappa shape index (κ3) is 2.94. The molecule has 1 amide bonds. The van der Waals surface area contributed by atoms with Gasteiger partial charge in [-0.1, -0.05) is 13.8 Å². The van der Waals surface area contributed by atoms with Crippen LogP contribution in [0.3, 0.4) is 0 Å². The van der Waals surface area contributed by atoms with E-state index in [-0.39, 0.29) is 15.9 Å². The first-order valence-corrected chi connectivity index (χ1v) is 5.39. The van der Waals surface area contributed by atoms with E-state index in [1.807, 2.05) is 0 Å². The smallest absolute Gasteiger partial charge is 0.302 e. The topological polar surface area (TPSA) is 42.0 Å². The van der Waals surface area contributed by atoms with Crippen LogP contribution >= 0.6 is 11.3 Å². The van der Waals surface area contributed by atoms with Crippen molar-refractivity contribution in [1.82, 2.24) is 4.98 Å². The summed E-state index contributed by atoms with van der Waals surface area (Å²) < 4.78 is 37.8. The molecule has 0 unspecified atom stereocenters. The molecule has 0 aromatic carbocycles. The zero-order chi connectivity index (χ0) is 12.5. The van der Waals surface area contributed by atoms with Gasteiger partial charge in [0.25, 0.3) is 0 Å². The standard InChI is InChI=1S/C9H11F3N2OS/c1-4(2)6-7(9(10,11)12)14-8(16-6)13-5(3)15/h4H,1-3H3,(H,13,14,15). The summed E-state index contributed by atoms with van der Waals surface area (Å²) in [4.78, 5) is 14.3. The van der Waals surface area contributed by atoms with Crippen molar-refractivity contribution < 1.29 is 18.0 Å². The van der Waals surface area contributed by atoms with E-state index in [1.54, 1.807) is 13.8 Å². The maximum atomic E-state index is 12.6. The van der Waals surface area contributed by atoms with Crippen molar-refractivity contribution in [3.05, 3.63) is 10.6 Å². The van der Waals surface area contributed by atoms with Gasteiger partial charge in [-0.3, -0.25) is 4.79 Å². The summed E-state index contributed by atoms with van der Waals surface area (Å²) in [6.07, 6.45) is -4.48. The Morgan fingerprint density at radius 2 is 2.00 bits per heavy atom. The Kier molecular flexibility index (Phi) is 3.57. The lowest BCUT2D eigenvalue weighted by Gasteiger charge is -2.07. The second-order valence-corrected chi connectivity index (χ2v) is 4.60. The number of rotatable bonds is 2. The van der Waals surface area contributed by atoms with E-state index >= 15 is 0 Å². The van der Waals surface area contributed by atoms with Crippen LogP contribution in [-0.2, 0) is 11.0 Å². The minimum atomic E-state index is -4.48. The van der Waals surface area contributed by atoms with Gasteiger partial charge >= 0.3 is 6.18 Å². The van der Waals surface area contributed by atoms with E-state index < -0.39 is 17.8 Å². The molecule has 1 aromatic rings. The summed E-state index contributed by atoms with van der Waals surface area (Å²) in [6.45, 7) is 4.53. The largest absolute Gasteiger partial charge is 0.434 e. The average molecular weight is 252 g/mol. The molecular formula is C9H11F3N2OS. The lowest BCUT2D eigenvalue weighted by molar-refractivity contribution is -0.141. The van der Waals surface area contributed by atoms with E-state index in [4.69, 9.17) is 0 Å². The molecule has 0 fully saturated rings. The van der Waals surface area contributed by atoms with Gasteiger partial charge in [-0.05, 0) is 5.92 Å². The minimum Gasteiger partial charge on any atom is -0.302 e. The lowest BCUT2D eigenvalue weighted by Crippen LogP contribution is -2.10. The molecule has 7 heteroatoms. The average Bonchev–Trinajstić information content (AvgIpc) is 2.45. The van der Waals surface area contributed by atoms with Crippen LogP contribution in [0.4, 0.5) is 18.3 Å². The summed E-state index contributed by atoms with van der Waals surface area (Å²) in [6, 6.07) is 0. The van der Waals surface area contributed by atoms with Crippen molar-refractivity contribution >= 4 is 22.4 Å². The fraction of sp³-hybridized carbons (Fsp3) is 0.556. The molecule has 90 valence electrons. The Morgan fingerprint density at radius 1 is 1.44 bits per heavy atom. The summed E-state index contributed by atoms with van der Waals surface area (Å²) >= 11 is 0.860. The van der Waals surface area contributed by atoms with Gasteiger partial charge in [0.05, 0.1) is 0 Å². The Bertz CT molecular complexity index is 398. The van der Waals surface area contributed by atoms with Crippen LogP contribution in [0.5, 0.6) is 0 Å². The highest BCUT2D eigenvalue weighted by molar-refractivity contribution is 7.16. The minimum absolute atomic E-state index is 0.0106. The van der Waals surface area contributed by atoms with Gasteiger partial charge in [0.1, 0.15) is 0 Å². The van der Waals surface area contributed by atoms with E-state index in [0.717, 1.165) is 11.3 Å². The molecule has 16 heavy (non-hydrogen) atoms. The van der Waals surface area contributed by atoms with Crippen LogP contribution in [-0.4, -0.2) is 10.9 Å². The summed E-state index contributed by atoms with van der Waals surface area (Å²) in [5, 5.41) is 2.25. The van der Waals surface area contributed by atoms with E-state index in [9.17, 15) is 18.0 Å². The summed E-state index contributed by atoms with van der Waals surface area (Å²) in [5.41, 5.74) is -0.906. The number of carbonyl (C=O) groups is 1. The second-order valence-electron chi connectivity index (χ2n) is 3.57. The molecule has 1 aromatic heterocycles. The molecule has 0 saturated carbocycles. The first kappa shape index (κ1) is 13.0. The number of aromatic nitrogens is 1. The van der Waals surface area contributed by atoms with Gasteiger partial charge in [0.15, 0.2) is 10.8 Å². The highest BCUT2D eigenvalue weighted by Gasteiger charge is 2.38. The SMILES string of the molecule is CC(=O)Nc1nc(C(F)(F)F)c(C(C)C)s1. The van der Waals surface area contributed by atoms with Crippen molar-refractivity contribution in [2.75, 3.05) is 5.32 Å². The molecule has 1 rings (SSSR count). The number of alkyl halides is 3. The van der Waals surface area contributed by atoms with Crippen LogP contribution in [0.2, 0.25) is 0 Å². The van der Waals surface area contributed by atoms with Crippen LogP contribution in [0.15, 0.2) is 0 Å². The molecule has 0 aliphatic heterocycles. The van der Waals surface area contributed by atoms with Gasteiger partial charge in [-0.25, -0.2) is 4.98 Å². The van der Waals surface area contributed by atoms with Gasteiger partial charge in [-0.2, -0.15) is 13.2 Å². The van der Waals surface area contributed by atoms with Crippen molar-refractivity contribution in [2.45, 2.75) is 32.9 Å².